The molecule has 18 heteroatoms. The molecule has 1 aromatic heterocycles. The van der Waals surface area contributed by atoms with Crippen LogP contribution in [0, 0.1) is 5.92 Å². The second kappa shape index (κ2) is 16.5. The van der Waals surface area contributed by atoms with E-state index in [1.165, 1.54) is 23.1 Å². The number of halogens is 1. The van der Waals surface area contributed by atoms with E-state index in [0.717, 1.165) is 37.8 Å². The molecule has 2 aliphatic heterocycles. The summed E-state index contributed by atoms with van der Waals surface area (Å²) in [6.45, 7) is 3.57. The summed E-state index contributed by atoms with van der Waals surface area (Å²) in [6.07, 6.45) is 3.33. The van der Waals surface area contributed by atoms with Crippen LogP contribution < -0.4 is 20.5 Å². The summed E-state index contributed by atoms with van der Waals surface area (Å²) in [6, 6.07) is 7.49. The molecule has 51 heavy (non-hydrogen) atoms. The Kier molecular flexibility index (Phi) is 12.5. The molecule has 3 heterocycles. The zero-order valence-corrected chi connectivity index (χ0v) is 30.7. The third-order valence-corrected chi connectivity index (χ3v) is 11.0. The van der Waals surface area contributed by atoms with Crippen molar-refractivity contribution in [2.45, 2.75) is 81.2 Å². The first-order chi connectivity index (χ1) is 24.1. The number of ketones is 1. The molecule has 0 spiro atoms. The van der Waals surface area contributed by atoms with Crippen molar-refractivity contribution >= 4 is 60.3 Å². The van der Waals surface area contributed by atoms with Gasteiger partial charge in [0.1, 0.15) is 17.6 Å². The van der Waals surface area contributed by atoms with Crippen molar-refractivity contribution in [2.75, 3.05) is 25.9 Å². The van der Waals surface area contributed by atoms with Crippen LogP contribution in [-0.4, -0.2) is 94.4 Å². The number of likely N-dealkylation sites (tertiary alicyclic amines) is 1. The van der Waals surface area contributed by atoms with Crippen LogP contribution >= 0.6 is 11.6 Å². The molecule has 2 amide bonds. The fraction of sp³-hybridized carbons (Fsp3) is 0.515. The highest BCUT2D eigenvalue weighted by atomic mass is 35.5. The SMILES string of the molecule is CC[C@H](NC(=O)C1C[C@@H](OCc2ccc(Cl)cc2)CN1C(=O)[C@@H](CCC1CCNCC1)NS(C)(=O)=O)C(=O)c1nc2cc(S(N)(=O)=O)ccc2o1. The molecule has 1 unspecified atom stereocenters. The van der Waals surface area contributed by atoms with E-state index in [-0.39, 0.29) is 54.3 Å². The normalized spacial score (nSPS) is 20.0. The van der Waals surface area contributed by atoms with Crippen molar-refractivity contribution in [2.24, 2.45) is 11.1 Å². The molecule has 5 rings (SSSR count). The molecule has 0 bridgehead atoms. The summed E-state index contributed by atoms with van der Waals surface area (Å²) in [7, 11) is -7.82. The molecular formula is C33H43ClN6O9S2. The predicted molar refractivity (Wildman–Crippen MR) is 189 cm³/mol. The van der Waals surface area contributed by atoms with Gasteiger partial charge in [-0.3, -0.25) is 14.4 Å². The molecular weight excluding hydrogens is 724 g/mol. The van der Waals surface area contributed by atoms with Gasteiger partial charge in [0.05, 0.1) is 29.9 Å². The van der Waals surface area contributed by atoms with Gasteiger partial charge in [-0.2, -0.15) is 0 Å². The number of hydrogen-bond acceptors (Lipinski definition) is 11. The largest absolute Gasteiger partial charge is 0.434 e. The summed E-state index contributed by atoms with van der Waals surface area (Å²) in [4.78, 5) is 46.9. The van der Waals surface area contributed by atoms with Gasteiger partial charge in [-0.05, 0) is 87.0 Å². The van der Waals surface area contributed by atoms with Crippen LogP contribution in [0.2, 0.25) is 5.02 Å². The van der Waals surface area contributed by atoms with Gasteiger partial charge in [0.15, 0.2) is 5.58 Å². The van der Waals surface area contributed by atoms with E-state index in [1.807, 2.05) is 0 Å². The number of hydrogen-bond donors (Lipinski definition) is 4. The predicted octanol–water partition coefficient (Wildman–Crippen LogP) is 2.09. The third kappa shape index (κ3) is 10.3. The van der Waals surface area contributed by atoms with Gasteiger partial charge in [0.2, 0.25) is 37.6 Å². The topological polar surface area (TPSA) is 220 Å². The van der Waals surface area contributed by atoms with Crippen LogP contribution in [0.3, 0.4) is 0 Å². The van der Waals surface area contributed by atoms with Crippen molar-refractivity contribution in [3.05, 3.63) is 58.9 Å². The van der Waals surface area contributed by atoms with E-state index in [1.54, 1.807) is 31.2 Å². The van der Waals surface area contributed by atoms with Crippen LogP contribution in [0.1, 0.15) is 61.7 Å². The van der Waals surface area contributed by atoms with Gasteiger partial charge in [0.25, 0.3) is 5.89 Å². The number of rotatable bonds is 15. The highest BCUT2D eigenvalue weighted by Crippen LogP contribution is 2.27. The fourth-order valence-corrected chi connectivity index (χ4v) is 7.82. The van der Waals surface area contributed by atoms with Crippen molar-refractivity contribution in [3.63, 3.8) is 0 Å². The number of amides is 2. The molecule has 0 aliphatic carbocycles. The van der Waals surface area contributed by atoms with Gasteiger partial charge in [-0.25, -0.2) is 31.7 Å². The molecule has 0 radical (unpaired) electrons. The minimum absolute atomic E-state index is 0.0159. The minimum atomic E-state index is -4.03. The quantitative estimate of drug-likeness (QED) is 0.164. The highest BCUT2D eigenvalue weighted by molar-refractivity contribution is 7.89. The summed E-state index contributed by atoms with van der Waals surface area (Å²) in [5.41, 5.74) is 1.07. The number of carbonyl (C=O) groups is 3. The van der Waals surface area contributed by atoms with Crippen LogP contribution in [0.5, 0.6) is 0 Å². The Morgan fingerprint density at radius 2 is 1.80 bits per heavy atom. The van der Waals surface area contributed by atoms with Gasteiger partial charge in [0, 0.05) is 18.0 Å². The summed E-state index contributed by atoms with van der Waals surface area (Å²) in [5.74, 6) is -1.88. The number of nitrogens with one attached hydrogen (secondary N) is 3. The number of carbonyl (C=O) groups excluding carboxylic acids is 3. The monoisotopic (exact) mass is 766 g/mol. The van der Waals surface area contributed by atoms with E-state index in [0.29, 0.717) is 17.4 Å². The number of fused-ring (bicyclic) bond motifs is 1. The second-order valence-corrected chi connectivity index (χ2v) is 16.8. The third-order valence-electron chi connectivity index (χ3n) is 9.16. The van der Waals surface area contributed by atoms with Crippen LogP contribution in [0.4, 0.5) is 0 Å². The lowest BCUT2D eigenvalue weighted by Gasteiger charge is -2.30. The number of Topliss-reactive ketones (excluding diaryl/α,β-unsaturated/α-hetero) is 1. The molecule has 0 saturated carbocycles. The Balaban J connectivity index is 1.35. The Morgan fingerprint density at radius 3 is 2.45 bits per heavy atom. The van der Waals surface area contributed by atoms with Crippen LogP contribution in [-0.2, 0) is 41.0 Å². The van der Waals surface area contributed by atoms with Crippen LogP contribution in [0.25, 0.3) is 11.1 Å². The van der Waals surface area contributed by atoms with Crippen LogP contribution in [0.15, 0.2) is 51.8 Å². The number of piperidine rings is 1. The number of ether oxygens (including phenoxy) is 1. The van der Waals surface area contributed by atoms with E-state index in [4.69, 9.17) is 25.9 Å². The molecule has 2 saturated heterocycles. The first-order valence-electron chi connectivity index (χ1n) is 16.7. The number of oxazole rings is 1. The lowest BCUT2D eigenvalue weighted by molar-refractivity contribution is -0.140. The maximum absolute atomic E-state index is 14.2. The summed E-state index contributed by atoms with van der Waals surface area (Å²) < 4.78 is 62.6. The molecule has 2 fully saturated rings. The second-order valence-electron chi connectivity index (χ2n) is 13.0. The van der Waals surface area contributed by atoms with Gasteiger partial charge in [-0.1, -0.05) is 30.7 Å². The smallest absolute Gasteiger partial charge is 0.266 e. The number of nitrogens with zero attached hydrogens (tertiary/aromatic N) is 2. The van der Waals surface area contributed by atoms with Gasteiger partial charge >= 0.3 is 0 Å². The lowest BCUT2D eigenvalue weighted by atomic mass is 9.91. The number of primary sulfonamides is 1. The zero-order chi connectivity index (χ0) is 36.9. The average Bonchev–Trinajstić information content (AvgIpc) is 3.72. The van der Waals surface area contributed by atoms with Crippen molar-refractivity contribution in [1.29, 1.82) is 0 Å². The molecule has 3 aromatic rings. The van der Waals surface area contributed by atoms with Crippen molar-refractivity contribution in [1.82, 2.24) is 25.2 Å². The first kappa shape index (κ1) is 38.8. The van der Waals surface area contributed by atoms with E-state index in [9.17, 15) is 31.2 Å². The maximum Gasteiger partial charge on any atom is 0.266 e. The summed E-state index contributed by atoms with van der Waals surface area (Å²) >= 11 is 6.01. The fourth-order valence-electron chi connectivity index (χ4n) is 6.43. The van der Waals surface area contributed by atoms with Gasteiger partial charge in [-0.15, -0.1) is 0 Å². The van der Waals surface area contributed by atoms with E-state index < -0.39 is 61.9 Å². The molecule has 5 N–H and O–H groups in total. The Labute approximate surface area is 302 Å². The molecule has 15 nitrogen and oxygen atoms in total. The number of sulfonamides is 2. The van der Waals surface area contributed by atoms with Gasteiger partial charge < -0.3 is 24.7 Å². The Hall–Kier alpha value is -3.45. The van der Waals surface area contributed by atoms with Crippen molar-refractivity contribution < 1.29 is 40.4 Å². The first-order valence-corrected chi connectivity index (χ1v) is 20.6. The van der Waals surface area contributed by atoms with E-state index in [2.05, 4.69) is 20.3 Å². The molecule has 4 atom stereocenters. The molecule has 2 aromatic carbocycles. The standard InChI is InChI=1S/C33H43ClN6O9S2/c1-3-25(30(41)32-38-27-17-24(51(35,46)47)9-11-29(27)49-32)37-31(42)28-16-23(48-19-21-4-7-22(34)8-5-21)18-40(28)33(43)26(39-50(2,44)45)10-6-20-12-14-36-15-13-20/h4-5,7-9,11,17,20,23,25-26,28,36,39H,3,6,10,12-16,18-19H2,1-2H3,(H,37,42)(H2,35,46,47)/t23-,25+,26-,28?/m1/s1. The highest BCUT2D eigenvalue weighted by Gasteiger charge is 2.43. The number of benzene rings is 2. The molecule has 2 aliphatic rings. The molecule has 278 valence electrons. The minimum Gasteiger partial charge on any atom is -0.434 e. The number of nitrogens with two attached hydrogens (primary N) is 1. The lowest BCUT2D eigenvalue weighted by Crippen LogP contribution is -2.55. The Bertz CT molecular complexity index is 1950. The average molecular weight is 767 g/mol. The van der Waals surface area contributed by atoms with Crippen molar-refractivity contribution in [3.8, 4) is 0 Å². The Morgan fingerprint density at radius 1 is 1.10 bits per heavy atom. The zero-order valence-electron chi connectivity index (χ0n) is 28.3. The van der Waals surface area contributed by atoms with E-state index >= 15 is 0 Å². The maximum atomic E-state index is 14.2. The number of aromatic nitrogens is 1. The summed E-state index contributed by atoms with van der Waals surface area (Å²) in [5, 5.41) is 11.8.